The summed E-state index contributed by atoms with van der Waals surface area (Å²) in [5, 5.41) is 10.2. The standard InChI is InChI=1S/C13H14ClN3OS/c1-2-9-7-15-17-13(9)16-12(18)8-19-11-5-3-10(14)4-6-11/h3-7H,2,8H2,1H3,(H2,15,16,17,18). The molecule has 100 valence electrons. The summed E-state index contributed by atoms with van der Waals surface area (Å²) in [6.45, 7) is 2.02. The van der Waals surface area contributed by atoms with E-state index in [2.05, 4.69) is 15.5 Å². The Labute approximate surface area is 120 Å². The molecule has 0 bridgehead atoms. The number of rotatable bonds is 5. The zero-order valence-electron chi connectivity index (χ0n) is 10.4. The number of amides is 1. The molecule has 19 heavy (non-hydrogen) atoms. The van der Waals surface area contributed by atoms with Gasteiger partial charge in [-0.15, -0.1) is 11.8 Å². The minimum atomic E-state index is -0.0566. The van der Waals surface area contributed by atoms with Gasteiger partial charge in [-0.2, -0.15) is 5.10 Å². The van der Waals surface area contributed by atoms with E-state index in [1.54, 1.807) is 6.20 Å². The molecular formula is C13H14ClN3OS. The van der Waals surface area contributed by atoms with E-state index in [9.17, 15) is 4.79 Å². The van der Waals surface area contributed by atoms with Gasteiger partial charge in [0.1, 0.15) is 5.82 Å². The van der Waals surface area contributed by atoms with E-state index in [1.165, 1.54) is 11.8 Å². The molecule has 1 aromatic heterocycles. The fourth-order valence-corrected chi connectivity index (χ4v) is 2.37. The lowest BCUT2D eigenvalue weighted by atomic mass is 10.2. The van der Waals surface area contributed by atoms with Crippen molar-refractivity contribution in [2.24, 2.45) is 0 Å². The van der Waals surface area contributed by atoms with Crippen molar-refractivity contribution in [3.63, 3.8) is 0 Å². The molecule has 2 N–H and O–H groups in total. The Morgan fingerprint density at radius 2 is 2.16 bits per heavy atom. The number of aromatic amines is 1. The number of carbonyl (C=O) groups excluding carboxylic acids is 1. The summed E-state index contributed by atoms with van der Waals surface area (Å²) in [6.07, 6.45) is 2.55. The molecule has 4 nitrogen and oxygen atoms in total. The molecule has 0 unspecified atom stereocenters. The van der Waals surface area contributed by atoms with E-state index in [0.717, 1.165) is 16.9 Å². The number of thioether (sulfide) groups is 1. The Bertz CT molecular complexity index is 553. The van der Waals surface area contributed by atoms with Gasteiger partial charge < -0.3 is 5.32 Å². The van der Waals surface area contributed by atoms with E-state index < -0.39 is 0 Å². The zero-order chi connectivity index (χ0) is 13.7. The van der Waals surface area contributed by atoms with E-state index >= 15 is 0 Å². The molecular weight excluding hydrogens is 282 g/mol. The summed E-state index contributed by atoms with van der Waals surface area (Å²) < 4.78 is 0. The summed E-state index contributed by atoms with van der Waals surface area (Å²) in [5.41, 5.74) is 1.00. The molecule has 6 heteroatoms. The second-order valence-corrected chi connectivity index (χ2v) is 5.40. The summed E-state index contributed by atoms with van der Waals surface area (Å²) in [4.78, 5) is 12.8. The maximum Gasteiger partial charge on any atom is 0.235 e. The van der Waals surface area contributed by atoms with Crippen molar-refractivity contribution < 1.29 is 4.79 Å². The van der Waals surface area contributed by atoms with Gasteiger partial charge in [0.2, 0.25) is 5.91 Å². The number of hydrogen-bond acceptors (Lipinski definition) is 3. The van der Waals surface area contributed by atoms with Crippen LogP contribution >= 0.6 is 23.4 Å². The zero-order valence-corrected chi connectivity index (χ0v) is 12.0. The lowest BCUT2D eigenvalue weighted by molar-refractivity contribution is -0.113. The Morgan fingerprint density at radius 3 is 2.84 bits per heavy atom. The third-order valence-corrected chi connectivity index (χ3v) is 3.81. The molecule has 2 rings (SSSR count). The van der Waals surface area contributed by atoms with Crippen LogP contribution in [0.3, 0.4) is 0 Å². The normalized spacial score (nSPS) is 10.4. The molecule has 0 aliphatic heterocycles. The van der Waals surface area contributed by atoms with Crippen molar-refractivity contribution in [3.8, 4) is 0 Å². The number of benzene rings is 1. The monoisotopic (exact) mass is 295 g/mol. The number of aryl methyl sites for hydroxylation is 1. The fraction of sp³-hybridized carbons (Fsp3) is 0.231. The first kappa shape index (κ1) is 14.0. The smallest absolute Gasteiger partial charge is 0.235 e. The van der Waals surface area contributed by atoms with Crippen LogP contribution in [0.25, 0.3) is 0 Å². The third kappa shape index (κ3) is 4.01. The van der Waals surface area contributed by atoms with Gasteiger partial charge in [0.15, 0.2) is 0 Å². The second-order valence-electron chi connectivity index (χ2n) is 3.91. The van der Waals surface area contributed by atoms with Crippen molar-refractivity contribution >= 4 is 35.1 Å². The number of nitrogens with one attached hydrogen (secondary N) is 2. The van der Waals surface area contributed by atoms with Gasteiger partial charge in [-0.3, -0.25) is 9.89 Å². The molecule has 0 saturated carbocycles. The molecule has 0 aliphatic rings. The average molecular weight is 296 g/mol. The number of aromatic nitrogens is 2. The number of halogens is 1. The largest absolute Gasteiger partial charge is 0.310 e. The van der Waals surface area contributed by atoms with Gasteiger partial charge in [0, 0.05) is 15.5 Å². The molecule has 0 spiro atoms. The SMILES string of the molecule is CCc1cn[nH]c1NC(=O)CSc1ccc(Cl)cc1. The minimum absolute atomic E-state index is 0.0566. The quantitative estimate of drug-likeness (QED) is 0.832. The maximum atomic E-state index is 11.8. The lowest BCUT2D eigenvalue weighted by Gasteiger charge is -2.04. The minimum Gasteiger partial charge on any atom is -0.310 e. The molecule has 1 amide bonds. The van der Waals surface area contributed by atoms with Crippen molar-refractivity contribution in [1.82, 2.24) is 10.2 Å². The first-order valence-corrected chi connectivity index (χ1v) is 7.26. The average Bonchev–Trinajstić information content (AvgIpc) is 2.85. The summed E-state index contributed by atoms with van der Waals surface area (Å²) >= 11 is 7.27. The molecule has 0 atom stereocenters. The Hall–Kier alpha value is -1.46. The third-order valence-electron chi connectivity index (χ3n) is 2.55. The van der Waals surface area contributed by atoms with Crippen LogP contribution in [0.5, 0.6) is 0 Å². The van der Waals surface area contributed by atoms with Crippen LogP contribution in [0.4, 0.5) is 5.82 Å². The Balaban J connectivity index is 1.86. The number of H-pyrrole nitrogens is 1. The second kappa shape index (κ2) is 6.63. The number of anilines is 1. The van der Waals surface area contributed by atoms with Crippen LogP contribution in [0.15, 0.2) is 35.4 Å². The van der Waals surface area contributed by atoms with E-state index in [0.29, 0.717) is 16.6 Å². The molecule has 0 radical (unpaired) electrons. The van der Waals surface area contributed by atoms with Gasteiger partial charge >= 0.3 is 0 Å². The van der Waals surface area contributed by atoms with Gasteiger partial charge in [-0.25, -0.2) is 0 Å². The number of carbonyl (C=O) groups is 1. The molecule has 1 heterocycles. The summed E-state index contributed by atoms with van der Waals surface area (Å²) in [7, 11) is 0. The predicted molar refractivity (Wildman–Crippen MR) is 78.8 cm³/mol. The van der Waals surface area contributed by atoms with E-state index in [1.807, 2.05) is 31.2 Å². The summed E-state index contributed by atoms with van der Waals surface area (Å²) in [5.74, 6) is 0.979. The lowest BCUT2D eigenvalue weighted by Crippen LogP contribution is -2.15. The van der Waals surface area contributed by atoms with Gasteiger partial charge in [-0.05, 0) is 30.7 Å². The highest BCUT2D eigenvalue weighted by Crippen LogP contribution is 2.20. The van der Waals surface area contributed by atoms with E-state index in [4.69, 9.17) is 11.6 Å². The first-order chi connectivity index (χ1) is 9.19. The van der Waals surface area contributed by atoms with Crippen molar-refractivity contribution in [2.45, 2.75) is 18.2 Å². The maximum absolute atomic E-state index is 11.8. The van der Waals surface area contributed by atoms with Crippen LogP contribution in [0, 0.1) is 0 Å². The van der Waals surface area contributed by atoms with Crippen LogP contribution in [0.2, 0.25) is 5.02 Å². The Kier molecular flexibility index (Phi) is 4.87. The molecule has 2 aromatic rings. The first-order valence-electron chi connectivity index (χ1n) is 5.89. The van der Waals surface area contributed by atoms with Crippen LogP contribution in [0.1, 0.15) is 12.5 Å². The van der Waals surface area contributed by atoms with E-state index in [-0.39, 0.29) is 5.91 Å². The van der Waals surface area contributed by atoms with Crippen molar-refractivity contribution in [3.05, 3.63) is 41.0 Å². The van der Waals surface area contributed by atoms with Crippen molar-refractivity contribution in [2.75, 3.05) is 11.1 Å². The molecule has 0 saturated heterocycles. The van der Waals surface area contributed by atoms with Crippen LogP contribution in [-0.4, -0.2) is 21.9 Å². The topological polar surface area (TPSA) is 57.8 Å². The number of nitrogens with zero attached hydrogens (tertiary/aromatic N) is 1. The van der Waals surface area contributed by atoms with Crippen molar-refractivity contribution in [1.29, 1.82) is 0 Å². The van der Waals surface area contributed by atoms with Gasteiger partial charge in [0.05, 0.1) is 11.9 Å². The van der Waals surface area contributed by atoms with Gasteiger partial charge in [0.25, 0.3) is 0 Å². The highest BCUT2D eigenvalue weighted by molar-refractivity contribution is 8.00. The predicted octanol–water partition coefficient (Wildman–Crippen LogP) is 3.36. The Morgan fingerprint density at radius 1 is 1.42 bits per heavy atom. The number of hydrogen-bond donors (Lipinski definition) is 2. The van der Waals surface area contributed by atoms with Gasteiger partial charge in [-0.1, -0.05) is 18.5 Å². The fourth-order valence-electron chi connectivity index (χ4n) is 1.54. The summed E-state index contributed by atoms with van der Waals surface area (Å²) in [6, 6.07) is 7.42. The molecule has 1 aromatic carbocycles. The molecule has 0 fully saturated rings. The van der Waals surface area contributed by atoms with Crippen LogP contribution in [-0.2, 0) is 11.2 Å². The highest BCUT2D eigenvalue weighted by atomic mass is 35.5. The molecule has 0 aliphatic carbocycles. The highest BCUT2D eigenvalue weighted by Gasteiger charge is 2.08. The van der Waals surface area contributed by atoms with Crippen LogP contribution < -0.4 is 5.32 Å².